The monoisotopic (exact) mass is 295 g/mol. The smallest absolute Gasteiger partial charge is 0.251 e. The number of carbonyl (C=O) groups is 1. The first-order valence-corrected chi connectivity index (χ1v) is 7.89. The quantitative estimate of drug-likeness (QED) is 0.929. The van der Waals surface area contributed by atoms with Crippen LogP contribution in [-0.4, -0.2) is 12.5 Å². The highest BCUT2D eigenvalue weighted by Gasteiger charge is 2.21. The average molecular weight is 295 g/mol. The van der Waals surface area contributed by atoms with Gasteiger partial charge in [0.2, 0.25) is 0 Å². The molecule has 0 spiro atoms. The Morgan fingerprint density at radius 1 is 1.18 bits per heavy atom. The Balaban J connectivity index is 1.72. The molecular weight excluding hydrogens is 274 g/mol. The molecule has 3 nitrogen and oxygen atoms in total. The molecule has 0 saturated carbocycles. The number of hydrogen-bond acceptors (Lipinski definition) is 2. The summed E-state index contributed by atoms with van der Waals surface area (Å²) in [5.74, 6) is 0.770. The number of amides is 1. The summed E-state index contributed by atoms with van der Waals surface area (Å²) in [6.45, 7) is 2.57. The lowest BCUT2D eigenvalue weighted by molar-refractivity contribution is 0.0932. The molecule has 1 atom stereocenters. The lowest BCUT2D eigenvalue weighted by Gasteiger charge is -2.26. The van der Waals surface area contributed by atoms with Gasteiger partial charge in [-0.05, 0) is 61.6 Å². The largest absolute Gasteiger partial charge is 0.494 e. The zero-order valence-electron chi connectivity index (χ0n) is 12.8. The normalized spacial score (nSPS) is 16.7. The molecule has 1 aliphatic carbocycles. The van der Waals surface area contributed by atoms with Gasteiger partial charge >= 0.3 is 0 Å². The highest BCUT2D eigenvalue weighted by molar-refractivity contribution is 5.94. The van der Waals surface area contributed by atoms with Gasteiger partial charge in [-0.15, -0.1) is 0 Å². The molecule has 22 heavy (non-hydrogen) atoms. The Bertz CT molecular complexity index is 649. The first-order valence-electron chi connectivity index (χ1n) is 7.89. The number of rotatable bonds is 4. The van der Waals surface area contributed by atoms with Crippen molar-refractivity contribution < 1.29 is 9.53 Å². The van der Waals surface area contributed by atoms with Crippen LogP contribution in [-0.2, 0) is 6.42 Å². The fourth-order valence-corrected chi connectivity index (χ4v) is 3.01. The molecule has 0 heterocycles. The van der Waals surface area contributed by atoms with E-state index >= 15 is 0 Å². The van der Waals surface area contributed by atoms with Crippen molar-refractivity contribution in [3.63, 3.8) is 0 Å². The summed E-state index contributed by atoms with van der Waals surface area (Å²) in [5.41, 5.74) is 3.28. The maximum absolute atomic E-state index is 12.4. The minimum Gasteiger partial charge on any atom is -0.494 e. The summed E-state index contributed by atoms with van der Waals surface area (Å²) in [4.78, 5) is 12.4. The van der Waals surface area contributed by atoms with Crippen LogP contribution in [0.3, 0.4) is 0 Å². The van der Waals surface area contributed by atoms with Crippen molar-refractivity contribution in [2.75, 3.05) is 6.61 Å². The van der Waals surface area contributed by atoms with E-state index in [0.29, 0.717) is 12.2 Å². The fraction of sp³-hybridized carbons (Fsp3) is 0.316. The van der Waals surface area contributed by atoms with E-state index in [1.54, 1.807) is 0 Å². The van der Waals surface area contributed by atoms with Crippen LogP contribution in [0.5, 0.6) is 5.75 Å². The van der Waals surface area contributed by atoms with Crippen molar-refractivity contribution in [2.45, 2.75) is 32.2 Å². The molecule has 0 saturated heterocycles. The highest BCUT2D eigenvalue weighted by Crippen LogP contribution is 2.29. The number of fused-ring (bicyclic) bond motifs is 1. The van der Waals surface area contributed by atoms with Gasteiger partial charge in [0.1, 0.15) is 5.75 Å². The Morgan fingerprint density at radius 3 is 2.73 bits per heavy atom. The molecule has 0 fully saturated rings. The number of benzene rings is 2. The van der Waals surface area contributed by atoms with Gasteiger partial charge in [-0.2, -0.15) is 0 Å². The lowest BCUT2D eigenvalue weighted by atomic mass is 9.87. The zero-order chi connectivity index (χ0) is 15.4. The Labute approximate surface area is 131 Å². The van der Waals surface area contributed by atoms with E-state index in [-0.39, 0.29) is 11.9 Å². The van der Waals surface area contributed by atoms with Crippen LogP contribution >= 0.6 is 0 Å². The van der Waals surface area contributed by atoms with Gasteiger partial charge in [0, 0.05) is 5.56 Å². The summed E-state index contributed by atoms with van der Waals surface area (Å²) in [7, 11) is 0. The van der Waals surface area contributed by atoms with Crippen LogP contribution in [0.1, 0.15) is 47.3 Å². The van der Waals surface area contributed by atoms with Gasteiger partial charge in [0.05, 0.1) is 12.6 Å². The van der Waals surface area contributed by atoms with Gasteiger partial charge in [-0.25, -0.2) is 0 Å². The second-order valence-electron chi connectivity index (χ2n) is 5.57. The third-order valence-electron chi connectivity index (χ3n) is 4.10. The van der Waals surface area contributed by atoms with Crippen molar-refractivity contribution in [3.05, 3.63) is 65.2 Å². The second kappa shape index (κ2) is 6.65. The molecule has 1 N–H and O–H groups in total. The van der Waals surface area contributed by atoms with E-state index in [9.17, 15) is 4.79 Å². The number of ether oxygens (including phenoxy) is 1. The molecule has 2 aromatic rings. The van der Waals surface area contributed by atoms with Gasteiger partial charge in [-0.1, -0.05) is 24.3 Å². The SMILES string of the molecule is CCOc1ccc(C(=O)NC2CCCc3ccccc32)cc1. The summed E-state index contributed by atoms with van der Waals surface area (Å²) >= 11 is 0. The molecule has 1 amide bonds. The minimum atomic E-state index is -0.0234. The third-order valence-corrected chi connectivity index (χ3v) is 4.10. The third kappa shape index (κ3) is 3.14. The van der Waals surface area contributed by atoms with Crippen LogP contribution in [0.2, 0.25) is 0 Å². The average Bonchev–Trinajstić information content (AvgIpc) is 2.56. The number of nitrogens with one attached hydrogen (secondary N) is 1. The van der Waals surface area contributed by atoms with Crippen LogP contribution in [0.15, 0.2) is 48.5 Å². The predicted octanol–water partition coefficient (Wildman–Crippen LogP) is 3.89. The molecule has 2 aromatic carbocycles. The summed E-state index contributed by atoms with van der Waals surface area (Å²) in [6, 6.07) is 15.8. The molecule has 1 aliphatic rings. The van der Waals surface area contributed by atoms with Crippen molar-refractivity contribution in [3.8, 4) is 5.75 Å². The predicted molar refractivity (Wildman–Crippen MR) is 87.2 cm³/mol. The zero-order valence-corrected chi connectivity index (χ0v) is 12.8. The van der Waals surface area contributed by atoms with Crippen molar-refractivity contribution in [1.82, 2.24) is 5.32 Å². The Kier molecular flexibility index (Phi) is 4.42. The second-order valence-corrected chi connectivity index (χ2v) is 5.57. The first kappa shape index (κ1) is 14.6. The van der Waals surface area contributed by atoms with Crippen LogP contribution in [0.25, 0.3) is 0 Å². The molecule has 0 aromatic heterocycles. The number of carbonyl (C=O) groups excluding carboxylic acids is 1. The molecule has 1 unspecified atom stereocenters. The van der Waals surface area contributed by atoms with Gasteiger partial charge in [0.15, 0.2) is 0 Å². The highest BCUT2D eigenvalue weighted by atomic mass is 16.5. The molecule has 0 aliphatic heterocycles. The van der Waals surface area contributed by atoms with Crippen LogP contribution in [0.4, 0.5) is 0 Å². The Morgan fingerprint density at radius 2 is 1.95 bits per heavy atom. The molecule has 114 valence electrons. The van der Waals surface area contributed by atoms with Gasteiger partial charge in [0.25, 0.3) is 5.91 Å². The van der Waals surface area contributed by atoms with Crippen LogP contribution < -0.4 is 10.1 Å². The minimum absolute atomic E-state index is 0.0234. The number of hydrogen-bond donors (Lipinski definition) is 1. The molecular formula is C19H21NO2. The topological polar surface area (TPSA) is 38.3 Å². The van der Waals surface area contributed by atoms with E-state index in [1.165, 1.54) is 11.1 Å². The maximum atomic E-state index is 12.4. The summed E-state index contributed by atoms with van der Waals surface area (Å²) in [6.07, 6.45) is 3.22. The van der Waals surface area contributed by atoms with Gasteiger partial charge < -0.3 is 10.1 Å². The lowest BCUT2D eigenvalue weighted by Crippen LogP contribution is -2.30. The fourth-order valence-electron chi connectivity index (χ4n) is 3.01. The van der Waals surface area contributed by atoms with Crippen molar-refractivity contribution in [2.24, 2.45) is 0 Å². The van der Waals surface area contributed by atoms with E-state index in [4.69, 9.17) is 4.74 Å². The summed E-state index contributed by atoms with van der Waals surface area (Å²) < 4.78 is 5.41. The first-order chi connectivity index (χ1) is 10.8. The van der Waals surface area contributed by atoms with E-state index in [0.717, 1.165) is 25.0 Å². The molecule has 0 radical (unpaired) electrons. The molecule has 3 rings (SSSR count). The molecule has 3 heteroatoms. The van der Waals surface area contributed by atoms with E-state index in [1.807, 2.05) is 37.3 Å². The Hall–Kier alpha value is -2.29. The molecule has 0 bridgehead atoms. The number of aryl methyl sites for hydroxylation is 1. The standard InChI is InChI=1S/C19H21NO2/c1-2-22-16-12-10-15(11-13-16)19(21)20-18-9-5-7-14-6-3-4-8-17(14)18/h3-4,6,8,10-13,18H,2,5,7,9H2,1H3,(H,20,21). The van der Waals surface area contributed by atoms with E-state index < -0.39 is 0 Å². The van der Waals surface area contributed by atoms with Crippen LogP contribution in [0, 0.1) is 0 Å². The van der Waals surface area contributed by atoms with E-state index in [2.05, 4.69) is 23.5 Å². The van der Waals surface area contributed by atoms with Crippen molar-refractivity contribution in [1.29, 1.82) is 0 Å². The van der Waals surface area contributed by atoms with Gasteiger partial charge in [-0.3, -0.25) is 4.79 Å². The maximum Gasteiger partial charge on any atom is 0.251 e. The van der Waals surface area contributed by atoms with Crippen molar-refractivity contribution >= 4 is 5.91 Å². The summed E-state index contributed by atoms with van der Waals surface area (Å²) in [5, 5.41) is 3.16.